The predicted molar refractivity (Wildman–Crippen MR) is 87.5 cm³/mol. The predicted octanol–water partition coefficient (Wildman–Crippen LogP) is 3.27. The summed E-state index contributed by atoms with van der Waals surface area (Å²) in [5.41, 5.74) is 3.99. The zero-order chi connectivity index (χ0) is 15.4. The minimum atomic E-state index is -0.444. The van der Waals surface area contributed by atoms with Crippen LogP contribution in [0.5, 0.6) is 0 Å². The van der Waals surface area contributed by atoms with Crippen molar-refractivity contribution in [2.45, 2.75) is 19.6 Å². The second-order valence-corrected chi connectivity index (χ2v) is 5.72. The van der Waals surface area contributed by atoms with E-state index in [1.807, 2.05) is 42.6 Å². The maximum Gasteiger partial charge on any atom is 0.202 e. The first-order valence-electron chi connectivity index (χ1n) is 6.96. The topological polar surface area (TPSA) is 70.9 Å². The van der Waals surface area contributed by atoms with Gasteiger partial charge in [0.25, 0.3) is 0 Å². The van der Waals surface area contributed by atoms with E-state index in [4.69, 9.17) is 0 Å². The van der Waals surface area contributed by atoms with Crippen LogP contribution in [0.3, 0.4) is 0 Å². The van der Waals surface area contributed by atoms with Crippen LogP contribution >= 0.6 is 11.5 Å². The molecule has 1 aromatic carbocycles. The van der Waals surface area contributed by atoms with Crippen LogP contribution in [0.2, 0.25) is 0 Å². The number of aliphatic hydroxyl groups is 1. The maximum atomic E-state index is 9.53. The summed E-state index contributed by atoms with van der Waals surface area (Å²) in [5, 5.41) is 13.5. The molecule has 0 aliphatic rings. The smallest absolute Gasteiger partial charge is 0.202 e. The van der Waals surface area contributed by atoms with Crippen molar-refractivity contribution < 1.29 is 5.11 Å². The van der Waals surface area contributed by atoms with Crippen molar-refractivity contribution in [3.8, 4) is 11.1 Å². The molecular formula is C16H16N4OS. The summed E-state index contributed by atoms with van der Waals surface area (Å²) in [6, 6.07) is 11.9. The van der Waals surface area contributed by atoms with Crippen molar-refractivity contribution in [3.63, 3.8) is 0 Å². The molecule has 0 amide bonds. The van der Waals surface area contributed by atoms with Crippen LogP contribution in [-0.2, 0) is 6.54 Å². The Morgan fingerprint density at radius 1 is 1.09 bits per heavy atom. The summed E-state index contributed by atoms with van der Waals surface area (Å²) >= 11 is 1.33. The minimum Gasteiger partial charge on any atom is -0.389 e. The number of hydrogen-bond acceptors (Lipinski definition) is 6. The Labute approximate surface area is 132 Å². The van der Waals surface area contributed by atoms with E-state index in [1.54, 1.807) is 6.92 Å². The average molecular weight is 312 g/mol. The highest BCUT2D eigenvalue weighted by Crippen LogP contribution is 2.21. The number of benzene rings is 1. The molecule has 0 radical (unpaired) electrons. The third-order valence-corrected chi connectivity index (χ3v) is 3.96. The number of rotatable bonds is 5. The third kappa shape index (κ3) is 3.47. The molecule has 2 N–H and O–H groups in total. The molecule has 0 saturated carbocycles. The van der Waals surface area contributed by atoms with Crippen LogP contribution in [0.1, 0.15) is 24.3 Å². The standard InChI is InChI=1S/C16H16N4OS/c1-11(21)12-2-4-13(5-3-12)14-6-7-15(17-8-14)9-18-16-19-10-20-22-16/h2-8,10-11,21H,9H2,1H3,(H,18,19,20). The molecule has 0 spiro atoms. The Morgan fingerprint density at radius 2 is 1.86 bits per heavy atom. The van der Waals surface area contributed by atoms with Crippen LogP contribution in [0.25, 0.3) is 11.1 Å². The lowest BCUT2D eigenvalue weighted by Crippen LogP contribution is -2.00. The second-order valence-electron chi connectivity index (χ2n) is 4.94. The SMILES string of the molecule is CC(O)c1ccc(-c2ccc(CNc3ncns3)nc2)cc1. The average Bonchev–Trinajstić information content (AvgIpc) is 3.07. The molecule has 2 heterocycles. The van der Waals surface area contributed by atoms with E-state index in [0.29, 0.717) is 6.54 Å². The van der Waals surface area contributed by atoms with Crippen molar-refractivity contribution in [1.29, 1.82) is 0 Å². The Bertz CT molecular complexity index is 709. The van der Waals surface area contributed by atoms with Gasteiger partial charge in [-0.3, -0.25) is 4.98 Å². The van der Waals surface area contributed by atoms with Gasteiger partial charge in [0.2, 0.25) is 5.13 Å². The quantitative estimate of drug-likeness (QED) is 0.756. The fraction of sp³-hybridized carbons (Fsp3) is 0.188. The molecule has 0 aliphatic heterocycles. The molecular weight excluding hydrogens is 296 g/mol. The summed E-state index contributed by atoms with van der Waals surface area (Å²) in [6.07, 6.45) is 2.94. The van der Waals surface area contributed by atoms with Crippen molar-refractivity contribution in [1.82, 2.24) is 14.3 Å². The molecule has 6 heteroatoms. The summed E-state index contributed by atoms with van der Waals surface area (Å²) in [6.45, 7) is 2.38. The summed E-state index contributed by atoms with van der Waals surface area (Å²) in [7, 11) is 0. The molecule has 22 heavy (non-hydrogen) atoms. The molecule has 3 rings (SSSR count). The molecule has 0 saturated heterocycles. The number of nitrogens with one attached hydrogen (secondary N) is 1. The van der Waals surface area contributed by atoms with Crippen LogP contribution < -0.4 is 5.32 Å². The van der Waals surface area contributed by atoms with E-state index in [2.05, 4.69) is 19.7 Å². The van der Waals surface area contributed by atoms with Gasteiger partial charge in [0.1, 0.15) is 6.33 Å². The fourth-order valence-electron chi connectivity index (χ4n) is 2.07. The monoisotopic (exact) mass is 312 g/mol. The first-order chi connectivity index (χ1) is 10.7. The van der Waals surface area contributed by atoms with Gasteiger partial charge in [-0.05, 0) is 24.1 Å². The van der Waals surface area contributed by atoms with Crippen LogP contribution in [0, 0.1) is 0 Å². The molecule has 5 nitrogen and oxygen atoms in total. The fourth-order valence-corrected chi connectivity index (χ4v) is 2.50. The molecule has 2 aromatic heterocycles. The van der Waals surface area contributed by atoms with Gasteiger partial charge in [0.05, 0.1) is 18.3 Å². The van der Waals surface area contributed by atoms with Crippen LogP contribution in [0.4, 0.5) is 5.13 Å². The number of aromatic nitrogens is 3. The van der Waals surface area contributed by atoms with Gasteiger partial charge in [-0.25, -0.2) is 4.98 Å². The van der Waals surface area contributed by atoms with E-state index >= 15 is 0 Å². The highest BCUT2D eigenvalue weighted by molar-refractivity contribution is 7.09. The Morgan fingerprint density at radius 3 is 2.45 bits per heavy atom. The van der Waals surface area contributed by atoms with Crippen molar-refractivity contribution >= 4 is 16.7 Å². The lowest BCUT2D eigenvalue weighted by molar-refractivity contribution is 0.199. The third-order valence-electron chi connectivity index (χ3n) is 3.33. The Balaban J connectivity index is 1.68. The summed E-state index contributed by atoms with van der Waals surface area (Å²) < 4.78 is 3.94. The second kappa shape index (κ2) is 6.64. The lowest BCUT2D eigenvalue weighted by Gasteiger charge is -2.07. The summed E-state index contributed by atoms with van der Waals surface area (Å²) in [5.74, 6) is 0. The van der Waals surface area contributed by atoms with Gasteiger partial charge < -0.3 is 10.4 Å². The van der Waals surface area contributed by atoms with Crippen LogP contribution in [-0.4, -0.2) is 19.4 Å². The van der Waals surface area contributed by atoms with E-state index in [-0.39, 0.29) is 0 Å². The van der Waals surface area contributed by atoms with Crippen molar-refractivity contribution in [3.05, 3.63) is 60.2 Å². The van der Waals surface area contributed by atoms with Gasteiger partial charge in [-0.2, -0.15) is 4.37 Å². The maximum absolute atomic E-state index is 9.53. The van der Waals surface area contributed by atoms with Gasteiger partial charge in [-0.1, -0.05) is 30.3 Å². The number of pyridine rings is 1. The lowest BCUT2D eigenvalue weighted by atomic mass is 10.0. The number of nitrogens with zero attached hydrogens (tertiary/aromatic N) is 3. The number of aliphatic hydroxyl groups excluding tert-OH is 1. The van der Waals surface area contributed by atoms with E-state index in [9.17, 15) is 5.11 Å². The molecule has 1 unspecified atom stereocenters. The van der Waals surface area contributed by atoms with E-state index in [0.717, 1.165) is 27.5 Å². The number of anilines is 1. The highest BCUT2D eigenvalue weighted by Gasteiger charge is 2.03. The summed E-state index contributed by atoms with van der Waals surface area (Å²) in [4.78, 5) is 8.52. The molecule has 112 valence electrons. The normalized spacial score (nSPS) is 12.1. The zero-order valence-corrected chi connectivity index (χ0v) is 12.9. The minimum absolute atomic E-state index is 0.444. The van der Waals surface area contributed by atoms with Crippen LogP contribution in [0.15, 0.2) is 48.9 Å². The molecule has 0 aliphatic carbocycles. The zero-order valence-electron chi connectivity index (χ0n) is 12.1. The molecule has 3 aromatic rings. The largest absolute Gasteiger partial charge is 0.389 e. The molecule has 0 fully saturated rings. The highest BCUT2D eigenvalue weighted by atomic mass is 32.1. The Kier molecular flexibility index (Phi) is 4.41. The Hall–Kier alpha value is -2.31. The van der Waals surface area contributed by atoms with E-state index < -0.39 is 6.10 Å². The number of hydrogen-bond donors (Lipinski definition) is 2. The van der Waals surface area contributed by atoms with Gasteiger partial charge in [-0.15, -0.1) is 0 Å². The van der Waals surface area contributed by atoms with Gasteiger partial charge >= 0.3 is 0 Å². The molecule has 1 atom stereocenters. The first kappa shape index (κ1) is 14.6. The van der Waals surface area contributed by atoms with E-state index in [1.165, 1.54) is 17.9 Å². The van der Waals surface area contributed by atoms with Crippen molar-refractivity contribution in [2.75, 3.05) is 5.32 Å². The van der Waals surface area contributed by atoms with Gasteiger partial charge in [0.15, 0.2) is 0 Å². The van der Waals surface area contributed by atoms with Gasteiger partial charge in [0, 0.05) is 23.3 Å². The first-order valence-corrected chi connectivity index (χ1v) is 7.73. The van der Waals surface area contributed by atoms with Crippen molar-refractivity contribution in [2.24, 2.45) is 0 Å². The molecule has 0 bridgehead atoms.